The first kappa shape index (κ1) is 18.5. The summed E-state index contributed by atoms with van der Waals surface area (Å²) < 4.78 is 10.3. The topological polar surface area (TPSA) is 76.4 Å². The summed E-state index contributed by atoms with van der Waals surface area (Å²) in [7, 11) is 0. The molecule has 1 aromatic heterocycles. The molecule has 0 fully saturated rings. The van der Waals surface area contributed by atoms with E-state index in [1.54, 1.807) is 6.26 Å². The summed E-state index contributed by atoms with van der Waals surface area (Å²) in [5.74, 6) is 0.496. The van der Waals surface area contributed by atoms with Gasteiger partial charge in [0.2, 0.25) is 0 Å². The van der Waals surface area contributed by atoms with E-state index < -0.39 is 11.7 Å². The molecule has 0 saturated heterocycles. The molecule has 0 bridgehead atoms. The molecule has 1 heterocycles. The van der Waals surface area contributed by atoms with E-state index in [2.05, 4.69) is 36.4 Å². The lowest BCUT2D eigenvalue weighted by Crippen LogP contribution is -2.52. The SMILES string of the molecule is CC(C)CC(C)(CNC(=O)OC(C)(C)C)NCc1cocn1. The molecule has 0 radical (unpaired) electrons. The van der Waals surface area contributed by atoms with Crippen molar-refractivity contribution < 1.29 is 13.9 Å². The van der Waals surface area contributed by atoms with Gasteiger partial charge in [0.1, 0.15) is 11.9 Å². The van der Waals surface area contributed by atoms with Crippen molar-refractivity contribution in [2.75, 3.05) is 6.54 Å². The van der Waals surface area contributed by atoms with Crippen molar-refractivity contribution >= 4 is 6.09 Å². The molecule has 1 amide bonds. The van der Waals surface area contributed by atoms with E-state index in [0.717, 1.165) is 12.1 Å². The first-order valence-corrected chi connectivity index (χ1v) is 7.68. The Bertz CT molecular complexity index is 452. The van der Waals surface area contributed by atoms with Crippen LogP contribution in [0.5, 0.6) is 0 Å². The molecule has 6 nitrogen and oxygen atoms in total. The van der Waals surface area contributed by atoms with Gasteiger partial charge in [-0.25, -0.2) is 9.78 Å². The van der Waals surface area contributed by atoms with Crippen LogP contribution in [0.15, 0.2) is 17.1 Å². The number of ether oxygens (including phenoxy) is 1. The van der Waals surface area contributed by atoms with Gasteiger partial charge in [-0.1, -0.05) is 13.8 Å². The molecule has 0 aromatic carbocycles. The number of hydrogen-bond acceptors (Lipinski definition) is 5. The van der Waals surface area contributed by atoms with E-state index in [4.69, 9.17) is 9.15 Å². The van der Waals surface area contributed by atoms with Gasteiger partial charge in [-0.3, -0.25) is 0 Å². The quantitative estimate of drug-likeness (QED) is 0.809. The van der Waals surface area contributed by atoms with Gasteiger partial charge in [-0.2, -0.15) is 0 Å². The Morgan fingerprint density at radius 1 is 1.36 bits per heavy atom. The van der Waals surface area contributed by atoms with Crippen LogP contribution in [0.4, 0.5) is 4.79 Å². The Balaban J connectivity index is 2.56. The fourth-order valence-corrected chi connectivity index (χ4v) is 2.32. The number of nitrogens with one attached hydrogen (secondary N) is 2. The lowest BCUT2D eigenvalue weighted by atomic mass is 9.90. The largest absolute Gasteiger partial charge is 0.451 e. The molecule has 0 aliphatic carbocycles. The predicted molar refractivity (Wildman–Crippen MR) is 85.4 cm³/mol. The molecule has 1 rings (SSSR count). The number of oxazole rings is 1. The molecule has 0 aliphatic heterocycles. The Labute approximate surface area is 133 Å². The lowest BCUT2D eigenvalue weighted by Gasteiger charge is -2.33. The van der Waals surface area contributed by atoms with E-state index in [9.17, 15) is 4.79 Å². The number of hydrogen-bond donors (Lipinski definition) is 2. The summed E-state index contributed by atoms with van der Waals surface area (Å²) in [6.45, 7) is 13.0. The molecule has 2 N–H and O–H groups in total. The van der Waals surface area contributed by atoms with Gasteiger partial charge in [0.15, 0.2) is 6.39 Å². The maximum atomic E-state index is 11.8. The van der Waals surface area contributed by atoms with E-state index >= 15 is 0 Å². The van der Waals surface area contributed by atoms with E-state index in [0.29, 0.717) is 19.0 Å². The number of rotatable bonds is 7. The van der Waals surface area contributed by atoms with Crippen LogP contribution < -0.4 is 10.6 Å². The molecule has 1 unspecified atom stereocenters. The standard InChI is InChI=1S/C16H29N3O3/c1-12(2)7-16(6,19-8-13-9-21-11-18-13)10-17-14(20)22-15(3,4)5/h9,11-12,19H,7-8,10H2,1-6H3,(H,17,20). The van der Waals surface area contributed by atoms with Crippen LogP contribution in [0.25, 0.3) is 0 Å². The number of alkyl carbamates (subject to hydrolysis) is 1. The van der Waals surface area contributed by atoms with Gasteiger partial charge in [-0.05, 0) is 40.0 Å². The third-order valence-electron chi connectivity index (χ3n) is 3.06. The molecule has 1 aromatic rings. The van der Waals surface area contributed by atoms with Crippen molar-refractivity contribution in [1.29, 1.82) is 0 Å². The van der Waals surface area contributed by atoms with Crippen molar-refractivity contribution in [1.82, 2.24) is 15.6 Å². The Morgan fingerprint density at radius 2 is 2.05 bits per heavy atom. The fraction of sp³-hybridized carbons (Fsp3) is 0.750. The van der Waals surface area contributed by atoms with Crippen LogP contribution in [0, 0.1) is 5.92 Å². The Morgan fingerprint density at radius 3 is 2.55 bits per heavy atom. The van der Waals surface area contributed by atoms with Crippen molar-refractivity contribution in [3.05, 3.63) is 18.4 Å². The van der Waals surface area contributed by atoms with Crippen molar-refractivity contribution in [3.8, 4) is 0 Å². The zero-order chi connectivity index (χ0) is 16.8. The zero-order valence-corrected chi connectivity index (χ0v) is 14.5. The molecule has 0 spiro atoms. The molecular formula is C16H29N3O3. The third kappa shape index (κ3) is 7.45. The van der Waals surface area contributed by atoms with Gasteiger partial charge in [0.25, 0.3) is 0 Å². The number of amides is 1. The van der Waals surface area contributed by atoms with E-state index in [1.807, 2.05) is 20.8 Å². The van der Waals surface area contributed by atoms with Crippen LogP contribution in [0.3, 0.4) is 0 Å². The molecule has 22 heavy (non-hydrogen) atoms. The van der Waals surface area contributed by atoms with Crippen molar-refractivity contribution in [2.45, 2.75) is 65.6 Å². The first-order chi connectivity index (χ1) is 10.1. The van der Waals surface area contributed by atoms with Gasteiger partial charge in [-0.15, -0.1) is 0 Å². The highest BCUT2D eigenvalue weighted by Gasteiger charge is 2.27. The van der Waals surface area contributed by atoms with Gasteiger partial charge >= 0.3 is 6.09 Å². The monoisotopic (exact) mass is 311 g/mol. The summed E-state index contributed by atoms with van der Waals surface area (Å²) in [6, 6.07) is 0. The summed E-state index contributed by atoms with van der Waals surface area (Å²) >= 11 is 0. The second kappa shape index (κ2) is 7.63. The number of carbonyl (C=O) groups excluding carboxylic acids is 1. The van der Waals surface area contributed by atoms with Crippen molar-refractivity contribution in [2.24, 2.45) is 5.92 Å². The highest BCUT2D eigenvalue weighted by molar-refractivity contribution is 5.67. The second-order valence-corrected chi connectivity index (χ2v) is 7.35. The Hall–Kier alpha value is -1.56. The van der Waals surface area contributed by atoms with Gasteiger partial charge in [0, 0.05) is 18.6 Å². The molecule has 0 saturated carbocycles. The molecule has 1 atom stereocenters. The summed E-state index contributed by atoms with van der Waals surface area (Å²) in [6.07, 6.45) is 3.55. The first-order valence-electron chi connectivity index (χ1n) is 7.68. The second-order valence-electron chi connectivity index (χ2n) is 7.35. The maximum Gasteiger partial charge on any atom is 0.407 e. The van der Waals surface area contributed by atoms with E-state index in [1.165, 1.54) is 6.39 Å². The number of aromatic nitrogens is 1. The average molecular weight is 311 g/mol. The highest BCUT2D eigenvalue weighted by Crippen LogP contribution is 2.17. The third-order valence-corrected chi connectivity index (χ3v) is 3.06. The summed E-state index contributed by atoms with van der Waals surface area (Å²) in [5, 5.41) is 6.30. The minimum atomic E-state index is -0.493. The highest BCUT2D eigenvalue weighted by atomic mass is 16.6. The number of carbonyl (C=O) groups is 1. The van der Waals surface area contributed by atoms with Crippen LogP contribution >= 0.6 is 0 Å². The van der Waals surface area contributed by atoms with Crippen LogP contribution in [-0.4, -0.2) is 28.8 Å². The molecule has 0 aliphatic rings. The Kier molecular flexibility index (Phi) is 6.41. The van der Waals surface area contributed by atoms with Crippen LogP contribution in [0.1, 0.15) is 53.7 Å². The summed E-state index contributed by atoms with van der Waals surface area (Å²) in [5.41, 5.74) is 0.101. The maximum absolute atomic E-state index is 11.8. The lowest BCUT2D eigenvalue weighted by molar-refractivity contribution is 0.0507. The van der Waals surface area contributed by atoms with Crippen LogP contribution in [-0.2, 0) is 11.3 Å². The van der Waals surface area contributed by atoms with Gasteiger partial charge in [0.05, 0.1) is 5.69 Å². The van der Waals surface area contributed by atoms with E-state index in [-0.39, 0.29) is 5.54 Å². The molecule has 126 valence electrons. The predicted octanol–water partition coefficient (Wildman–Crippen LogP) is 3.09. The van der Waals surface area contributed by atoms with Crippen molar-refractivity contribution in [3.63, 3.8) is 0 Å². The summed E-state index contributed by atoms with van der Waals surface area (Å²) in [4.78, 5) is 15.9. The van der Waals surface area contributed by atoms with Gasteiger partial charge < -0.3 is 19.8 Å². The average Bonchev–Trinajstić information content (AvgIpc) is 2.84. The fourth-order valence-electron chi connectivity index (χ4n) is 2.32. The smallest absolute Gasteiger partial charge is 0.407 e. The molecule has 6 heteroatoms. The molecular weight excluding hydrogens is 282 g/mol. The minimum absolute atomic E-state index is 0.246. The van der Waals surface area contributed by atoms with Crippen LogP contribution in [0.2, 0.25) is 0 Å². The minimum Gasteiger partial charge on any atom is -0.451 e. The number of nitrogens with zero attached hydrogens (tertiary/aromatic N) is 1. The zero-order valence-electron chi connectivity index (χ0n) is 14.5. The normalized spacial score (nSPS) is 14.7.